The van der Waals surface area contributed by atoms with Gasteiger partial charge in [-0.15, -0.1) is 0 Å². The number of H-pyrrole nitrogens is 1. The van der Waals surface area contributed by atoms with Crippen LogP contribution in [0.15, 0.2) is 23.1 Å². The van der Waals surface area contributed by atoms with Crippen molar-refractivity contribution in [2.75, 3.05) is 6.61 Å². The van der Waals surface area contributed by atoms with Gasteiger partial charge >= 0.3 is 0 Å². The first-order valence-corrected chi connectivity index (χ1v) is 4.84. The second kappa shape index (κ2) is 4.14. The van der Waals surface area contributed by atoms with Gasteiger partial charge in [-0.1, -0.05) is 0 Å². The Bertz CT molecular complexity index is 389. The molecule has 0 amide bonds. The largest absolute Gasteiger partial charge is 0.394 e. The predicted molar refractivity (Wildman–Crippen MR) is 52.4 cm³/mol. The molecule has 1 fully saturated rings. The van der Waals surface area contributed by atoms with E-state index in [1.165, 1.54) is 0 Å². The number of hydrogen-bond acceptors (Lipinski definition) is 4. The predicted octanol–water partition coefficient (Wildman–Crippen LogP) is -0.442. The zero-order valence-corrected chi connectivity index (χ0v) is 8.09. The summed E-state index contributed by atoms with van der Waals surface area (Å²) < 4.78 is 5.37. The van der Waals surface area contributed by atoms with Crippen molar-refractivity contribution in [2.24, 2.45) is 0 Å². The van der Waals surface area contributed by atoms with E-state index in [-0.39, 0.29) is 12.2 Å². The molecule has 0 spiro atoms. The van der Waals surface area contributed by atoms with Crippen molar-refractivity contribution >= 4 is 0 Å². The van der Waals surface area contributed by atoms with E-state index in [4.69, 9.17) is 9.84 Å². The van der Waals surface area contributed by atoms with Crippen LogP contribution < -0.4 is 5.56 Å². The minimum atomic E-state index is -0.709. The number of aliphatic hydroxyl groups is 2. The van der Waals surface area contributed by atoms with E-state index in [2.05, 4.69) is 4.98 Å². The first-order chi connectivity index (χ1) is 7.22. The maximum absolute atomic E-state index is 11.4. The van der Waals surface area contributed by atoms with Crippen LogP contribution in [-0.2, 0) is 4.74 Å². The Morgan fingerprint density at radius 3 is 3.00 bits per heavy atom. The molecule has 5 heteroatoms. The molecule has 2 heterocycles. The second-order valence-corrected chi connectivity index (χ2v) is 3.60. The summed E-state index contributed by atoms with van der Waals surface area (Å²) in [6.45, 7) is -0.234. The molecule has 1 unspecified atom stereocenters. The van der Waals surface area contributed by atoms with Gasteiger partial charge in [-0.25, -0.2) is 0 Å². The minimum absolute atomic E-state index is 0.215. The van der Waals surface area contributed by atoms with Crippen LogP contribution in [0.2, 0.25) is 0 Å². The fourth-order valence-corrected chi connectivity index (χ4v) is 1.78. The number of nitrogens with one attached hydrogen (secondary N) is 1. The number of pyridine rings is 1. The van der Waals surface area contributed by atoms with E-state index in [0.29, 0.717) is 12.0 Å². The summed E-state index contributed by atoms with van der Waals surface area (Å²) in [6, 6.07) is 3.37. The van der Waals surface area contributed by atoms with Gasteiger partial charge in [-0.2, -0.15) is 0 Å². The van der Waals surface area contributed by atoms with Gasteiger partial charge in [-0.3, -0.25) is 4.79 Å². The Morgan fingerprint density at radius 2 is 2.40 bits per heavy atom. The van der Waals surface area contributed by atoms with Gasteiger partial charge in [0.15, 0.2) is 0 Å². The Labute approximate surface area is 86.3 Å². The van der Waals surface area contributed by atoms with E-state index >= 15 is 0 Å². The SMILES string of the molecule is O=c1[nH]cccc1C1C[C@H](O)[C@@H](CO)O1. The highest BCUT2D eigenvalue weighted by Gasteiger charge is 2.35. The third-order valence-corrected chi connectivity index (χ3v) is 2.60. The highest BCUT2D eigenvalue weighted by molar-refractivity contribution is 5.14. The van der Waals surface area contributed by atoms with E-state index in [1.54, 1.807) is 18.3 Å². The van der Waals surface area contributed by atoms with E-state index in [9.17, 15) is 9.90 Å². The lowest BCUT2D eigenvalue weighted by atomic mass is 10.1. The standard InChI is InChI=1S/C10H13NO4/c12-5-9-7(13)4-8(15-9)6-2-1-3-11-10(6)14/h1-3,7-9,12-13H,4-5H2,(H,11,14)/t7-,8?,9+/m0/s1. The summed E-state index contributed by atoms with van der Waals surface area (Å²) in [5.74, 6) is 0. The van der Waals surface area contributed by atoms with Crippen molar-refractivity contribution in [3.63, 3.8) is 0 Å². The molecule has 1 aromatic heterocycles. The molecule has 1 aromatic rings. The lowest BCUT2D eigenvalue weighted by Gasteiger charge is -2.11. The van der Waals surface area contributed by atoms with Gasteiger partial charge in [0.1, 0.15) is 6.10 Å². The van der Waals surface area contributed by atoms with E-state index < -0.39 is 18.3 Å². The number of rotatable bonds is 2. The van der Waals surface area contributed by atoms with Crippen molar-refractivity contribution in [1.82, 2.24) is 4.98 Å². The molecular weight excluding hydrogens is 198 g/mol. The van der Waals surface area contributed by atoms with Crippen LogP contribution in [0.1, 0.15) is 18.1 Å². The molecule has 1 aliphatic rings. The third kappa shape index (κ3) is 1.94. The summed E-state index contributed by atoms with van der Waals surface area (Å²) in [4.78, 5) is 14.0. The van der Waals surface area contributed by atoms with Crippen molar-refractivity contribution < 1.29 is 14.9 Å². The molecule has 15 heavy (non-hydrogen) atoms. The first-order valence-electron chi connectivity index (χ1n) is 4.84. The third-order valence-electron chi connectivity index (χ3n) is 2.60. The second-order valence-electron chi connectivity index (χ2n) is 3.60. The smallest absolute Gasteiger partial charge is 0.253 e. The molecule has 2 rings (SSSR count). The van der Waals surface area contributed by atoms with Crippen LogP contribution in [0.3, 0.4) is 0 Å². The van der Waals surface area contributed by atoms with Gasteiger partial charge in [-0.05, 0) is 12.1 Å². The van der Waals surface area contributed by atoms with Crippen LogP contribution in [-0.4, -0.2) is 34.0 Å². The van der Waals surface area contributed by atoms with Crippen LogP contribution in [0.25, 0.3) is 0 Å². The molecule has 5 nitrogen and oxygen atoms in total. The Hall–Kier alpha value is -1.17. The van der Waals surface area contributed by atoms with Crippen LogP contribution in [0, 0.1) is 0 Å². The Morgan fingerprint density at radius 1 is 1.60 bits per heavy atom. The highest BCUT2D eigenvalue weighted by Crippen LogP contribution is 2.30. The van der Waals surface area contributed by atoms with Gasteiger partial charge in [0.05, 0.1) is 18.8 Å². The van der Waals surface area contributed by atoms with Crippen molar-refractivity contribution in [2.45, 2.75) is 24.7 Å². The van der Waals surface area contributed by atoms with Crippen molar-refractivity contribution in [3.8, 4) is 0 Å². The quantitative estimate of drug-likeness (QED) is 0.619. The van der Waals surface area contributed by atoms with E-state index in [0.717, 1.165) is 0 Å². The molecule has 0 bridgehead atoms. The van der Waals surface area contributed by atoms with Gasteiger partial charge in [0.25, 0.3) is 5.56 Å². The highest BCUT2D eigenvalue weighted by atomic mass is 16.5. The summed E-state index contributed by atoms with van der Waals surface area (Å²) >= 11 is 0. The topological polar surface area (TPSA) is 82.6 Å². The minimum Gasteiger partial charge on any atom is -0.394 e. The molecule has 3 N–H and O–H groups in total. The lowest BCUT2D eigenvalue weighted by molar-refractivity contribution is -0.0228. The molecule has 1 aliphatic heterocycles. The molecular formula is C10H13NO4. The van der Waals surface area contributed by atoms with Crippen molar-refractivity contribution in [1.29, 1.82) is 0 Å². The average Bonchev–Trinajstić information content (AvgIpc) is 2.60. The number of aromatic nitrogens is 1. The molecule has 1 saturated heterocycles. The van der Waals surface area contributed by atoms with Gasteiger partial charge in [0, 0.05) is 18.2 Å². The molecule has 0 saturated carbocycles. The first kappa shape index (κ1) is 10.4. The maximum Gasteiger partial charge on any atom is 0.253 e. The van der Waals surface area contributed by atoms with Crippen LogP contribution >= 0.6 is 0 Å². The lowest BCUT2D eigenvalue weighted by Crippen LogP contribution is -2.24. The molecule has 82 valence electrons. The zero-order chi connectivity index (χ0) is 10.8. The van der Waals surface area contributed by atoms with E-state index in [1.807, 2.05) is 0 Å². The average molecular weight is 211 g/mol. The van der Waals surface area contributed by atoms with Crippen LogP contribution in [0.5, 0.6) is 0 Å². The van der Waals surface area contributed by atoms with Gasteiger partial charge < -0.3 is 19.9 Å². The maximum atomic E-state index is 11.4. The monoisotopic (exact) mass is 211 g/mol. The molecule has 3 atom stereocenters. The number of aliphatic hydroxyl groups excluding tert-OH is 2. The fraction of sp³-hybridized carbons (Fsp3) is 0.500. The van der Waals surface area contributed by atoms with Crippen molar-refractivity contribution in [3.05, 3.63) is 34.2 Å². The molecule has 0 aliphatic carbocycles. The summed E-state index contributed by atoms with van der Waals surface area (Å²) in [5.41, 5.74) is 0.279. The number of hydrogen-bond donors (Lipinski definition) is 3. The Balaban J connectivity index is 2.21. The number of ether oxygens (including phenoxy) is 1. The summed E-state index contributed by atoms with van der Waals surface area (Å²) in [7, 11) is 0. The molecule has 0 radical (unpaired) electrons. The van der Waals surface area contributed by atoms with Gasteiger partial charge in [0.2, 0.25) is 0 Å². The number of aromatic amines is 1. The van der Waals surface area contributed by atoms with Crippen LogP contribution in [0.4, 0.5) is 0 Å². The summed E-state index contributed by atoms with van der Waals surface area (Å²) in [6.07, 6.45) is 0.162. The fourth-order valence-electron chi connectivity index (χ4n) is 1.78. The normalized spacial score (nSPS) is 30.7. The molecule has 0 aromatic carbocycles. The zero-order valence-electron chi connectivity index (χ0n) is 8.09. The Kier molecular flexibility index (Phi) is 2.86. The summed E-state index contributed by atoms with van der Waals surface area (Å²) in [5, 5.41) is 18.4.